The second-order valence-corrected chi connectivity index (χ2v) is 5.70. The Kier molecular flexibility index (Phi) is 3.66. The van der Waals surface area contributed by atoms with Crippen molar-refractivity contribution >= 4 is 15.9 Å². The first-order valence-corrected chi connectivity index (χ1v) is 7.26. The molecule has 1 unspecified atom stereocenters. The molecule has 19 heavy (non-hydrogen) atoms. The summed E-state index contributed by atoms with van der Waals surface area (Å²) >= 11 is 3.39. The van der Waals surface area contributed by atoms with Crippen LogP contribution in [0.25, 0.3) is 5.69 Å². The fourth-order valence-corrected chi connectivity index (χ4v) is 2.89. The summed E-state index contributed by atoms with van der Waals surface area (Å²) in [4.78, 5) is 4.19. The van der Waals surface area contributed by atoms with Gasteiger partial charge in [-0.1, -0.05) is 22.4 Å². The van der Waals surface area contributed by atoms with Crippen LogP contribution in [-0.4, -0.2) is 16.1 Å². The SMILES string of the molecule is Fc1ccc(Br)cc1-n1cncc1C1CCCCN1. The normalized spacial score (nSPS) is 19.6. The Bertz CT molecular complexity index is 576. The van der Waals surface area contributed by atoms with Gasteiger partial charge < -0.3 is 5.32 Å². The number of nitrogens with one attached hydrogen (secondary N) is 1. The number of imidazole rings is 1. The number of halogens is 2. The van der Waals surface area contributed by atoms with Crippen LogP contribution in [0.4, 0.5) is 4.39 Å². The van der Waals surface area contributed by atoms with Crippen LogP contribution in [0.1, 0.15) is 31.0 Å². The van der Waals surface area contributed by atoms with Crippen LogP contribution in [0.15, 0.2) is 35.2 Å². The van der Waals surface area contributed by atoms with Crippen LogP contribution >= 0.6 is 15.9 Å². The minimum absolute atomic E-state index is 0.238. The highest BCUT2D eigenvalue weighted by Crippen LogP contribution is 2.27. The molecule has 100 valence electrons. The molecule has 5 heteroatoms. The van der Waals surface area contributed by atoms with Gasteiger partial charge in [-0.25, -0.2) is 9.37 Å². The lowest BCUT2D eigenvalue weighted by atomic mass is 10.0. The quantitative estimate of drug-likeness (QED) is 0.915. The standard InChI is InChI=1S/C14H15BrFN3/c15-10-4-5-11(16)13(7-10)19-9-17-8-14(19)12-3-1-2-6-18-12/h4-5,7-9,12,18H,1-3,6H2. The Morgan fingerprint density at radius 1 is 1.37 bits per heavy atom. The average molecular weight is 324 g/mol. The average Bonchev–Trinajstić information content (AvgIpc) is 2.91. The summed E-state index contributed by atoms with van der Waals surface area (Å²) in [5, 5.41) is 3.47. The molecule has 2 aromatic rings. The zero-order chi connectivity index (χ0) is 13.2. The summed E-state index contributed by atoms with van der Waals surface area (Å²) in [6.45, 7) is 1.01. The van der Waals surface area contributed by atoms with Crippen molar-refractivity contribution in [3.05, 3.63) is 46.7 Å². The lowest BCUT2D eigenvalue weighted by Gasteiger charge is -2.24. The molecule has 0 radical (unpaired) electrons. The number of piperidine rings is 1. The van der Waals surface area contributed by atoms with Crippen LogP contribution in [0, 0.1) is 5.82 Å². The second kappa shape index (κ2) is 5.43. The van der Waals surface area contributed by atoms with Crippen molar-refractivity contribution in [3.8, 4) is 5.69 Å². The fourth-order valence-electron chi connectivity index (χ4n) is 2.54. The summed E-state index contributed by atoms with van der Waals surface area (Å²) in [7, 11) is 0. The predicted molar refractivity (Wildman–Crippen MR) is 75.8 cm³/mol. The minimum Gasteiger partial charge on any atom is -0.309 e. The van der Waals surface area contributed by atoms with Gasteiger partial charge in [0.05, 0.1) is 23.9 Å². The van der Waals surface area contributed by atoms with Crippen LogP contribution in [0.2, 0.25) is 0 Å². The maximum absolute atomic E-state index is 14.0. The van der Waals surface area contributed by atoms with Crippen molar-refractivity contribution in [2.75, 3.05) is 6.54 Å². The molecule has 1 aromatic heterocycles. The number of aromatic nitrogens is 2. The molecule has 0 saturated carbocycles. The van der Waals surface area contributed by atoms with Crippen molar-refractivity contribution in [1.29, 1.82) is 0 Å². The summed E-state index contributed by atoms with van der Waals surface area (Å²) in [5.74, 6) is -0.238. The molecular formula is C14H15BrFN3. The monoisotopic (exact) mass is 323 g/mol. The Hall–Kier alpha value is -1.20. The highest BCUT2D eigenvalue weighted by molar-refractivity contribution is 9.10. The molecule has 1 N–H and O–H groups in total. The molecule has 1 saturated heterocycles. The van der Waals surface area contributed by atoms with E-state index in [1.165, 1.54) is 18.9 Å². The number of benzene rings is 1. The third-order valence-electron chi connectivity index (χ3n) is 3.50. The van der Waals surface area contributed by atoms with Crippen molar-refractivity contribution in [2.45, 2.75) is 25.3 Å². The summed E-state index contributed by atoms with van der Waals surface area (Å²) in [5.41, 5.74) is 1.56. The topological polar surface area (TPSA) is 29.9 Å². The molecular weight excluding hydrogens is 309 g/mol. The van der Waals surface area contributed by atoms with Crippen molar-refractivity contribution in [2.24, 2.45) is 0 Å². The lowest BCUT2D eigenvalue weighted by Crippen LogP contribution is -2.28. The predicted octanol–water partition coefficient (Wildman–Crippen LogP) is 3.59. The van der Waals surface area contributed by atoms with E-state index >= 15 is 0 Å². The van der Waals surface area contributed by atoms with Gasteiger partial charge in [0.15, 0.2) is 0 Å². The molecule has 1 fully saturated rings. The highest BCUT2D eigenvalue weighted by atomic mass is 79.9. The first kappa shape index (κ1) is 12.8. The van der Waals surface area contributed by atoms with Gasteiger partial charge >= 0.3 is 0 Å². The van der Waals surface area contributed by atoms with E-state index in [0.717, 1.165) is 23.1 Å². The van der Waals surface area contributed by atoms with Gasteiger partial charge in [-0.3, -0.25) is 4.57 Å². The van der Waals surface area contributed by atoms with Crippen molar-refractivity contribution in [3.63, 3.8) is 0 Å². The molecule has 2 heterocycles. The number of nitrogens with zero attached hydrogens (tertiary/aromatic N) is 2. The maximum atomic E-state index is 14.0. The first-order chi connectivity index (χ1) is 9.25. The molecule has 3 rings (SSSR count). The fraction of sp³-hybridized carbons (Fsp3) is 0.357. The summed E-state index contributed by atoms with van der Waals surface area (Å²) in [6.07, 6.45) is 6.97. The molecule has 1 aliphatic heterocycles. The first-order valence-electron chi connectivity index (χ1n) is 6.47. The summed E-state index contributed by atoms with van der Waals surface area (Å²) in [6, 6.07) is 5.21. The van der Waals surface area contributed by atoms with E-state index in [1.54, 1.807) is 18.5 Å². The van der Waals surface area contributed by atoms with Crippen LogP contribution in [-0.2, 0) is 0 Å². The lowest BCUT2D eigenvalue weighted by molar-refractivity contribution is 0.401. The molecule has 3 nitrogen and oxygen atoms in total. The minimum atomic E-state index is -0.238. The zero-order valence-corrected chi connectivity index (χ0v) is 12.0. The van der Waals surface area contributed by atoms with E-state index in [4.69, 9.17) is 0 Å². The number of rotatable bonds is 2. The van der Waals surface area contributed by atoms with E-state index in [9.17, 15) is 4.39 Å². The summed E-state index contributed by atoms with van der Waals surface area (Å²) < 4.78 is 16.7. The third kappa shape index (κ3) is 2.58. The van der Waals surface area contributed by atoms with E-state index < -0.39 is 0 Å². The van der Waals surface area contributed by atoms with Gasteiger partial charge in [-0.05, 0) is 37.6 Å². The molecule has 1 aromatic carbocycles. The Labute approximate surface area is 120 Å². The molecule has 1 aliphatic rings. The van der Waals surface area contributed by atoms with E-state index in [2.05, 4.69) is 26.2 Å². The third-order valence-corrected chi connectivity index (χ3v) is 4.00. The maximum Gasteiger partial charge on any atom is 0.147 e. The van der Waals surface area contributed by atoms with Gasteiger partial charge in [0, 0.05) is 10.5 Å². The number of hydrogen-bond donors (Lipinski definition) is 1. The Balaban J connectivity index is 2.01. The zero-order valence-electron chi connectivity index (χ0n) is 10.4. The van der Waals surface area contributed by atoms with Gasteiger partial charge in [0.25, 0.3) is 0 Å². The molecule has 0 aliphatic carbocycles. The van der Waals surface area contributed by atoms with Crippen LogP contribution in [0.3, 0.4) is 0 Å². The highest BCUT2D eigenvalue weighted by Gasteiger charge is 2.20. The van der Waals surface area contributed by atoms with Gasteiger partial charge in [0.2, 0.25) is 0 Å². The molecule has 0 bridgehead atoms. The smallest absolute Gasteiger partial charge is 0.147 e. The Morgan fingerprint density at radius 3 is 3.05 bits per heavy atom. The van der Waals surface area contributed by atoms with E-state index in [1.807, 2.05) is 10.8 Å². The molecule has 0 amide bonds. The van der Waals surface area contributed by atoms with Gasteiger partial charge in [-0.15, -0.1) is 0 Å². The second-order valence-electron chi connectivity index (χ2n) is 4.79. The van der Waals surface area contributed by atoms with Crippen molar-refractivity contribution < 1.29 is 4.39 Å². The van der Waals surface area contributed by atoms with E-state index in [0.29, 0.717) is 5.69 Å². The molecule has 1 atom stereocenters. The largest absolute Gasteiger partial charge is 0.309 e. The van der Waals surface area contributed by atoms with Crippen LogP contribution < -0.4 is 5.32 Å². The molecule has 0 spiro atoms. The Morgan fingerprint density at radius 2 is 2.26 bits per heavy atom. The van der Waals surface area contributed by atoms with Crippen molar-refractivity contribution in [1.82, 2.24) is 14.9 Å². The van der Waals surface area contributed by atoms with Gasteiger partial charge in [-0.2, -0.15) is 0 Å². The van der Waals surface area contributed by atoms with E-state index in [-0.39, 0.29) is 11.9 Å². The number of hydrogen-bond acceptors (Lipinski definition) is 2. The van der Waals surface area contributed by atoms with Crippen LogP contribution in [0.5, 0.6) is 0 Å². The van der Waals surface area contributed by atoms with Gasteiger partial charge in [0.1, 0.15) is 5.82 Å².